The summed E-state index contributed by atoms with van der Waals surface area (Å²) in [7, 11) is 1.59. The normalized spacial score (nSPS) is 19.1. The van der Waals surface area contributed by atoms with Crippen LogP contribution >= 0.6 is 0 Å². The smallest absolute Gasteiger partial charge is 0.180 e. The minimum absolute atomic E-state index is 0.0927. The minimum atomic E-state index is -0.181. The van der Waals surface area contributed by atoms with Gasteiger partial charge in [0.2, 0.25) is 0 Å². The average Bonchev–Trinajstić information content (AvgIpc) is 2.37. The van der Waals surface area contributed by atoms with E-state index in [2.05, 4.69) is 4.90 Å². The molecule has 19 heavy (non-hydrogen) atoms. The summed E-state index contributed by atoms with van der Waals surface area (Å²) in [5.74, 6) is 0.732. The minimum Gasteiger partial charge on any atom is -0.496 e. The highest BCUT2D eigenvalue weighted by atomic mass is 16.5. The lowest BCUT2D eigenvalue weighted by atomic mass is 10.1. The molecule has 1 aromatic carbocycles. The van der Waals surface area contributed by atoms with E-state index in [1.54, 1.807) is 7.11 Å². The fourth-order valence-corrected chi connectivity index (χ4v) is 2.41. The van der Waals surface area contributed by atoms with Crippen molar-refractivity contribution in [2.45, 2.75) is 19.4 Å². The molecule has 0 saturated carbocycles. The van der Waals surface area contributed by atoms with Crippen LogP contribution < -0.4 is 4.74 Å². The van der Waals surface area contributed by atoms with Crippen LogP contribution in [0.4, 0.5) is 0 Å². The first-order valence-corrected chi connectivity index (χ1v) is 6.54. The van der Waals surface area contributed by atoms with Gasteiger partial charge in [0.1, 0.15) is 5.75 Å². The Morgan fingerprint density at radius 2 is 2.16 bits per heavy atom. The number of rotatable bonds is 4. The molecule has 0 N–H and O–H groups in total. The number of para-hydroxylation sites is 1. The van der Waals surface area contributed by atoms with Gasteiger partial charge in [-0.25, -0.2) is 0 Å². The van der Waals surface area contributed by atoms with Crippen LogP contribution in [-0.2, 0) is 4.74 Å². The van der Waals surface area contributed by atoms with Gasteiger partial charge in [-0.05, 0) is 26.0 Å². The summed E-state index contributed by atoms with van der Waals surface area (Å²) < 4.78 is 10.9. The van der Waals surface area contributed by atoms with Gasteiger partial charge < -0.3 is 9.47 Å². The largest absolute Gasteiger partial charge is 0.496 e. The Balaban J connectivity index is 2.05. The number of benzene rings is 1. The predicted octanol–water partition coefficient (Wildman–Crippen LogP) is 1.99. The van der Waals surface area contributed by atoms with Crippen LogP contribution in [0, 0.1) is 0 Å². The monoisotopic (exact) mass is 263 g/mol. The first kappa shape index (κ1) is 14.0. The fourth-order valence-electron chi connectivity index (χ4n) is 2.41. The molecule has 1 heterocycles. The lowest BCUT2D eigenvalue weighted by Gasteiger charge is -2.37. The van der Waals surface area contributed by atoms with Crippen molar-refractivity contribution in [3.05, 3.63) is 29.8 Å². The molecule has 1 aromatic rings. The molecular formula is C15H21NO3. The number of Topliss-reactive ketones (excluding diaryl/α,β-unsaturated/α-hetero) is 1. The number of hydrogen-bond donors (Lipinski definition) is 0. The van der Waals surface area contributed by atoms with E-state index < -0.39 is 0 Å². The summed E-state index contributed by atoms with van der Waals surface area (Å²) >= 11 is 0. The number of morpholine rings is 1. The topological polar surface area (TPSA) is 38.8 Å². The fraction of sp³-hybridized carbons (Fsp3) is 0.533. The Bertz CT molecular complexity index is 456. The molecule has 1 aliphatic rings. The summed E-state index contributed by atoms with van der Waals surface area (Å²) in [6, 6.07) is 7.36. The van der Waals surface area contributed by atoms with Crippen LogP contribution in [0.3, 0.4) is 0 Å². The van der Waals surface area contributed by atoms with Crippen molar-refractivity contribution in [1.29, 1.82) is 0 Å². The van der Waals surface area contributed by atoms with E-state index in [4.69, 9.17) is 9.47 Å². The summed E-state index contributed by atoms with van der Waals surface area (Å²) in [6.07, 6.45) is 0. The van der Waals surface area contributed by atoms with Crippen molar-refractivity contribution < 1.29 is 14.3 Å². The molecule has 2 rings (SSSR count). The number of carbonyl (C=O) groups is 1. The van der Waals surface area contributed by atoms with Crippen molar-refractivity contribution in [3.63, 3.8) is 0 Å². The third-order valence-corrected chi connectivity index (χ3v) is 3.28. The second-order valence-electron chi connectivity index (χ2n) is 5.44. The molecule has 0 bridgehead atoms. The average molecular weight is 263 g/mol. The van der Waals surface area contributed by atoms with E-state index >= 15 is 0 Å². The molecule has 104 valence electrons. The van der Waals surface area contributed by atoms with Gasteiger partial charge in [0.25, 0.3) is 0 Å². The Labute approximate surface area is 114 Å². The molecule has 1 fully saturated rings. The maximum Gasteiger partial charge on any atom is 0.180 e. The van der Waals surface area contributed by atoms with Gasteiger partial charge in [-0.1, -0.05) is 12.1 Å². The molecule has 1 aliphatic heterocycles. The number of ketones is 1. The highest BCUT2D eigenvalue weighted by Crippen LogP contribution is 2.20. The quantitative estimate of drug-likeness (QED) is 0.779. The van der Waals surface area contributed by atoms with Gasteiger partial charge in [-0.3, -0.25) is 9.69 Å². The second kappa shape index (κ2) is 5.72. The van der Waals surface area contributed by atoms with E-state index in [9.17, 15) is 4.79 Å². The lowest BCUT2D eigenvalue weighted by Crippen LogP contribution is -2.49. The first-order valence-electron chi connectivity index (χ1n) is 6.54. The zero-order valence-electron chi connectivity index (χ0n) is 11.8. The molecule has 4 heteroatoms. The molecule has 0 aromatic heterocycles. The van der Waals surface area contributed by atoms with Gasteiger partial charge in [0.15, 0.2) is 5.78 Å². The van der Waals surface area contributed by atoms with Crippen molar-refractivity contribution in [1.82, 2.24) is 4.90 Å². The lowest BCUT2D eigenvalue weighted by molar-refractivity contribution is -0.0833. The second-order valence-corrected chi connectivity index (χ2v) is 5.44. The maximum absolute atomic E-state index is 12.3. The summed E-state index contributed by atoms with van der Waals surface area (Å²) in [6.45, 7) is 6.75. The van der Waals surface area contributed by atoms with Crippen LogP contribution in [0.5, 0.6) is 5.75 Å². The third kappa shape index (κ3) is 3.55. The molecule has 0 aliphatic carbocycles. The summed E-state index contributed by atoms with van der Waals surface area (Å²) in [5, 5.41) is 0. The van der Waals surface area contributed by atoms with Crippen LogP contribution in [0.2, 0.25) is 0 Å². The van der Waals surface area contributed by atoms with Gasteiger partial charge in [0, 0.05) is 13.1 Å². The van der Waals surface area contributed by atoms with E-state index in [0.29, 0.717) is 24.5 Å². The van der Waals surface area contributed by atoms with E-state index in [1.807, 2.05) is 38.1 Å². The zero-order chi connectivity index (χ0) is 13.9. The standard InChI is InChI=1S/C15H21NO3/c1-15(2)11-16(8-9-19-15)10-13(17)12-6-4-5-7-14(12)18-3/h4-7H,8-11H2,1-3H3. The number of ether oxygens (including phenoxy) is 2. The summed E-state index contributed by atoms with van der Waals surface area (Å²) in [5.41, 5.74) is 0.466. The van der Waals surface area contributed by atoms with Gasteiger partial charge in [0.05, 0.1) is 31.4 Å². The van der Waals surface area contributed by atoms with Gasteiger partial charge in [-0.15, -0.1) is 0 Å². The number of nitrogens with zero attached hydrogens (tertiary/aromatic N) is 1. The summed E-state index contributed by atoms with van der Waals surface area (Å²) in [4.78, 5) is 14.5. The van der Waals surface area contributed by atoms with Gasteiger partial charge >= 0.3 is 0 Å². The zero-order valence-corrected chi connectivity index (χ0v) is 11.8. The Morgan fingerprint density at radius 3 is 2.84 bits per heavy atom. The molecule has 4 nitrogen and oxygen atoms in total. The SMILES string of the molecule is COc1ccccc1C(=O)CN1CCOC(C)(C)C1. The van der Waals surface area contributed by atoms with E-state index in [0.717, 1.165) is 13.1 Å². The Kier molecular flexibility index (Phi) is 4.22. The molecule has 1 saturated heterocycles. The molecular weight excluding hydrogens is 242 g/mol. The third-order valence-electron chi connectivity index (χ3n) is 3.28. The van der Waals surface area contributed by atoms with E-state index in [-0.39, 0.29) is 11.4 Å². The van der Waals surface area contributed by atoms with Crippen molar-refractivity contribution in [3.8, 4) is 5.75 Å². The van der Waals surface area contributed by atoms with Crippen LogP contribution in [0.1, 0.15) is 24.2 Å². The van der Waals surface area contributed by atoms with Crippen LogP contribution in [0.15, 0.2) is 24.3 Å². The molecule has 0 unspecified atom stereocenters. The molecule has 0 amide bonds. The maximum atomic E-state index is 12.3. The predicted molar refractivity (Wildman–Crippen MR) is 73.8 cm³/mol. The highest BCUT2D eigenvalue weighted by molar-refractivity contribution is 6.00. The van der Waals surface area contributed by atoms with E-state index in [1.165, 1.54) is 0 Å². The number of carbonyl (C=O) groups excluding carboxylic acids is 1. The number of methoxy groups -OCH3 is 1. The number of hydrogen-bond acceptors (Lipinski definition) is 4. The van der Waals surface area contributed by atoms with Crippen molar-refractivity contribution >= 4 is 5.78 Å². The van der Waals surface area contributed by atoms with Crippen molar-refractivity contribution in [2.24, 2.45) is 0 Å². The molecule has 0 atom stereocenters. The molecule has 0 spiro atoms. The van der Waals surface area contributed by atoms with Crippen LogP contribution in [0.25, 0.3) is 0 Å². The molecule has 0 radical (unpaired) electrons. The first-order chi connectivity index (χ1) is 9.02. The Morgan fingerprint density at radius 1 is 1.42 bits per heavy atom. The van der Waals surface area contributed by atoms with Crippen LogP contribution in [-0.4, -0.2) is 49.6 Å². The highest BCUT2D eigenvalue weighted by Gasteiger charge is 2.28. The Hall–Kier alpha value is -1.39. The van der Waals surface area contributed by atoms with Gasteiger partial charge in [-0.2, -0.15) is 0 Å². The van der Waals surface area contributed by atoms with Crippen molar-refractivity contribution in [2.75, 3.05) is 33.4 Å².